The third-order valence-electron chi connectivity index (χ3n) is 3.69. The molecule has 0 N–H and O–H groups in total. The normalized spacial score (nSPS) is 21.6. The number of benzene rings is 1. The second kappa shape index (κ2) is 7.81. The van der Waals surface area contributed by atoms with Crippen molar-refractivity contribution in [1.82, 2.24) is 0 Å². The SMILES string of the molecule is CCCOC(=O)C1CCCC(OC(=O)c2ccccc2)C1. The molecule has 0 spiro atoms. The van der Waals surface area contributed by atoms with E-state index in [2.05, 4.69) is 0 Å². The van der Waals surface area contributed by atoms with Crippen LogP contribution in [-0.2, 0) is 14.3 Å². The minimum Gasteiger partial charge on any atom is -0.465 e. The molecular weight excluding hydrogens is 268 g/mol. The van der Waals surface area contributed by atoms with E-state index in [1.165, 1.54) is 0 Å². The quantitative estimate of drug-likeness (QED) is 0.780. The Hall–Kier alpha value is -1.84. The molecule has 1 aromatic rings. The fourth-order valence-electron chi connectivity index (χ4n) is 2.58. The van der Waals surface area contributed by atoms with Gasteiger partial charge >= 0.3 is 11.9 Å². The number of esters is 2. The first kappa shape index (κ1) is 15.5. The monoisotopic (exact) mass is 290 g/mol. The van der Waals surface area contributed by atoms with Crippen molar-refractivity contribution in [2.24, 2.45) is 5.92 Å². The molecule has 0 bridgehead atoms. The van der Waals surface area contributed by atoms with Gasteiger partial charge < -0.3 is 9.47 Å². The zero-order valence-electron chi connectivity index (χ0n) is 12.4. The van der Waals surface area contributed by atoms with Crippen LogP contribution in [-0.4, -0.2) is 24.6 Å². The van der Waals surface area contributed by atoms with Gasteiger partial charge in [-0.15, -0.1) is 0 Å². The van der Waals surface area contributed by atoms with Crippen molar-refractivity contribution in [2.45, 2.75) is 45.1 Å². The van der Waals surface area contributed by atoms with E-state index >= 15 is 0 Å². The van der Waals surface area contributed by atoms with Crippen LogP contribution in [0.5, 0.6) is 0 Å². The third kappa shape index (κ3) is 4.59. The molecule has 0 amide bonds. The highest BCUT2D eigenvalue weighted by atomic mass is 16.5. The van der Waals surface area contributed by atoms with Crippen LogP contribution in [0.2, 0.25) is 0 Å². The van der Waals surface area contributed by atoms with Crippen molar-refractivity contribution >= 4 is 11.9 Å². The number of hydrogen-bond donors (Lipinski definition) is 0. The predicted molar refractivity (Wildman–Crippen MR) is 78.9 cm³/mol. The summed E-state index contributed by atoms with van der Waals surface area (Å²) in [5.74, 6) is -0.612. The van der Waals surface area contributed by atoms with Gasteiger partial charge in [0.25, 0.3) is 0 Å². The predicted octanol–water partition coefficient (Wildman–Crippen LogP) is 3.36. The zero-order valence-corrected chi connectivity index (χ0v) is 12.4. The molecule has 4 nitrogen and oxygen atoms in total. The molecule has 1 fully saturated rings. The molecule has 0 aliphatic heterocycles. The van der Waals surface area contributed by atoms with Crippen LogP contribution >= 0.6 is 0 Å². The number of rotatable bonds is 5. The molecular formula is C17H22O4. The Kier molecular flexibility index (Phi) is 5.78. The summed E-state index contributed by atoms with van der Waals surface area (Å²) < 4.78 is 10.7. The van der Waals surface area contributed by atoms with Gasteiger partial charge in [-0.25, -0.2) is 4.79 Å². The zero-order chi connectivity index (χ0) is 15.1. The first-order chi connectivity index (χ1) is 10.2. The summed E-state index contributed by atoms with van der Waals surface area (Å²) in [6.07, 6.45) is 3.73. The van der Waals surface area contributed by atoms with E-state index in [1.54, 1.807) is 12.1 Å². The Labute approximate surface area is 125 Å². The van der Waals surface area contributed by atoms with Crippen LogP contribution in [0.1, 0.15) is 49.4 Å². The maximum Gasteiger partial charge on any atom is 0.338 e. The number of carbonyl (C=O) groups excluding carboxylic acids is 2. The largest absolute Gasteiger partial charge is 0.465 e. The van der Waals surface area contributed by atoms with Crippen LogP contribution in [0.3, 0.4) is 0 Å². The molecule has 0 saturated heterocycles. The van der Waals surface area contributed by atoms with Crippen molar-refractivity contribution in [3.63, 3.8) is 0 Å². The van der Waals surface area contributed by atoms with Crippen molar-refractivity contribution in [3.8, 4) is 0 Å². The van der Waals surface area contributed by atoms with Crippen molar-refractivity contribution in [3.05, 3.63) is 35.9 Å². The van der Waals surface area contributed by atoms with E-state index < -0.39 is 0 Å². The molecule has 2 rings (SSSR count). The Balaban J connectivity index is 1.86. The van der Waals surface area contributed by atoms with Crippen molar-refractivity contribution in [2.75, 3.05) is 6.61 Å². The maximum atomic E-state index is 12.0. The van der Waals surface area contributed by atoms with Gasteiger partial charge in [-0.05, 0) is 44.2 Å². The molecule has 0 aromatic heterocycles. The summed E-state index contributed by atoms with van der Waals surface area (Å²) in [4.78, 5) is 23.9. The van der Waals surface area contributed by atoms with E-state index in [4.69, 9.17) is 9.47 Å². The molecule has 2 unspecified atom stereocenters. The lowest BCUT2D eigenvalue weighted by molar-refractivity contribution is -0.151. The van der Waals surface area contributed by atoms with Gasteiger partial charge in [-0.1, -0.05) is 25.1 Å². The molecule has 114 valence electrons. The topological polar surface area (TPSA) is 52.6 Å². The Morgan fingerprint density at radius 3 is 2.67 bits per heavy atom. The van der Waals surface area contributed by atoms with Gasteiger partial charge in [0, 0.05) is 0 Å². The van der Waals surface area contributed by atoms with Crippen molar-refractivity contribution in [1.29, 1.82) is 0 Å². The minimum absolute atomic E-state index is 0.140. The lowest BCUT2D eigenvalue weighted by atomic mass is 9.87. The average molecular weight is 290 g/mol. The Morgan fingerprint density at radius 2 is 1.95 bits per heavy atom. The first-order valence-electron chi connectivity index (χ1n) is 7.63. The highest BCUT2D eigenvalue weighted by Crippen LogP contribution is 2.28. The Bertz CT molecular complexity index is 469. The van der Waals surface area contributed by atoms with Gasteiger partial charge in [0.05, 0.1) is 18.1 Å². The molecule has 0 radical (unpaired) electrons. The second-order valence-corrected chi connectivity index (χ2v) is 5.42. The molecule has 1 aliphatic rings. The number of carbonyl (C=O) groups is 2. The summed E-state index contributed by atoms with van der Waals surface area (Å²) >= 11 is 0. The van der Waals surface area contributed by atoms with Gasteiger partial charge in [-0.2, -0.15) is 0 Å². The average Bonchev–Trinajstić information content (AvgIpc) is 2.53. The van der Waals surface area contributed by atoms with Crippen LogP contribution < -0.4 is 0 Å². The van der Waals surface area contributed by atoms with E-state index in [1.807, 2.05) is 25.1 Å². The van der Waals surface area contributed by atoms with Crippen molar-refractivity contribution < 1.29 is 19.1 Å². The Morgan fingerprint density at radius 1 is 1.19 bits per heavy atom. The minimum atomic E-state index is -0.317. The van der Waals surface area contributed by atoms with Crippen LogP contribution in [0.15, 0.2) is 30.3 Å². The van der Waals surface area contributed by atoms with Crippen LogP contribution in [0.25, 0.3) is 0 Å². The second-order valence-electron chi connectivity index (χ2n) is 5.42. The molecule has 21 heavy (non-hydrogen) atoms. The summed E-state index contributed by atoms with van der Waals surface area (Å²) in [7, 11) is 0. The van der Waals surface area contributed by atoms with Crippen LogP contribution in [0.4, 0.5) is 0 Å². The molecule has 1 saturated carbocycles. The van der Waals surface area contributed by atoms with Gasteiger partial charge in [0.15, 0.2) is 0 Å². The highest BCUT2D eigenvalue weighted by molar-refractivity contribution is 5.89. The summed E-state index contributed by atoms with van der Waals surface area (Å²) in [5.41, 5.74) is 0.549. The number of ether oxygens (including phenoxy) is 2. The lowest BCUT2D eigenvalue weighted by Gasteiger charge is -2.27. The third-order valence-corrected chi connectivity index (χ3v) is 3.69. The lowest BCUT2D eigenvalue weighted by Crippen LogP contribution is -2.30. The molecule has 0 heterocycles. The standard InChI is InChI=1S/C17H22O4/c1-2-11-20-16(18)14-9-6-10-15(12-14)21-17(19)13-7-4-3-5-8-13/h3-5,7-8,14-15H,2,6,9-12H2,1H3. The van der Waals surface area contributed by atoms with E-state index in [-0.39, 0.29) is 24.0 Å². The highest BCUT2D eigenvalue weighted by Gasteiger charge is 2.30. The molecule has 2 atom stereocenters. The maximum absolute atomic E-state index is 12.0. The summed E-state index contributed by atoms with van der Waals surface area (Å²) in [6.45, 7) is 2.43. The summed E-state index contributed by atoms with van der Waals surface area (Å²) in [5, 5.41) is 0. The first-order valence-corrected chi connectivity index (χ1v) is 7.63. The van der Waals surface area contributed by atoms with Gasteiger partial charge in [0.1, 0.15) is 6.10 Å². The molecule has 4 heteroatoms. The van der Waals surface area contributed by atoms with Gasteiger partial charge in [0.2, 0.25) is 0 Å². The summed E-state index contributed by atoms with van der Waals surface area (Å²) in [6, 6.07) is 8.94. The fraction of sp³-hybridized carbons (Fsp3) is 0.529. The van der Waals surface area contributed by atoms with Gasteiger partial charge in [-0.3, -0.25) is 4.79 Å². The van der Waals surface area contributed by atoms with E-state index in [9.17, 15) is 9.59 Å². The fourth-order valence-corrected chi connectivity index (χ4v) is 2.58. The van der Waals surface area contributed by atoms with E-state index in [0.717, 1.165) is 25.7 Å². The number of hydrogen-bond acceptors (Lipinski definition) is 4. The molecule has 1 aromatic carbocycles. The smallest absolute Gasteiger partial charge is 0.338 e. The molecule has 1 aliphatic carbocycles. The van der Waals surface area contributed by atoms with Crippen LogP contribution in [0, 0.1) is 5.92 Å². The van der Waals surface area contributed by atoms with E-state index in [0.29, 0.717) is 18.6 Å².